The molecule has 2 N–H and O–H groups in total. The van der Waals surface area contributed by atoms with Crippen LogP contribution in [0, 0.1) is 0 Å². The van der Waals surface area contributed by atoms with Crippen LogP contribution in [0.15, 0.2) is 22.7 Å². The Bertz CT molecular complexity index is 624. The van der Waals surface area contributed by atoms with Gasteiger partial charge in [0.05, 0.1) is 19.9 Å². The zero-order valence-corrected chi connectivity index (χ0v) is 13.6. The topological polar surface area (TPSA) is 81.2 Å². The van der Waals surface area contributed by atoms with E-state index >= 15 is 0 Å². The van der Waals surface area contributed by atoms with Crippen LogP contribution in [-0.4, -0.2) is 35.7 Å². The van der Waals surface area contributed by atoms with E-state index in [9.17, 15) is 0 Å². The van der Waals surface area contributed by atoms with E-state index in [2.05, 4.69) is 41.5 Å². The summed E-state index contributed by atoms with van der Waals surface area (Å²) < 4.78 is 11.1. The van der Waals surface area contributed by atoms with Gasteiger partial charge in [-0.05, 0) is 35.0 Å². The van der Waals surface area contributed by atoms with Crippen molar-refractivity contribution in [1.29, 1.82) is 0 Å². The third kappa shape index (κ3) is 3.94. The summed E-state index contributed by atoms with van der Waals surface area (Å²) in [5.41, 5.74) is 0.782. The summed E-state index contributed by atoms with van der Waals surface area (Å²) in [6.45, 7) is 2.66. The average molecular weight is 354 g/mol. The summed E-state index contributed by atoms with van der Waals surface area (Å²) in [7, 11) is 3.12. The van der Waals surface area contributed by atoms with E-state index in [0.717, 1.165) is 15.9 Å². The summed E-state index contributed by atoms with van der Waals surface area (Å²) >= 11 is 3.47. The van der Waals surface area contributed by atoms with Crippen LogP contribution in [0.1, 0.15) is 6.92 Å². The van der Waals surface area contributed by atoms with Gasteiger partial charge in [0.25, 0.3) is 0 Å². The molecule has 0 saturated carbocycles. The monoisotopic (exact) mass is 353 g/mol. The van der Waals surface area contributed by atoms with E-state index in [0.29, 0.717) is 18.4 Å². The maximum Gasteiger partial charge on any atom is 0.322 e. The lowest BCUT2D eigenvalue weighted by Gasteiger charge is -2.11. The van der Waals surface area contributed by atoms with Crippen LogP contribution in [0.2, 0.25) is 0 Å². The van der Waals surface area contributed by atoms with Gasteiger partial charge >= 0.3 is 6.01 Å². The molecular formula is C13H16BrN5O2. The number of hydrogen-bond donors (Lipinski definition) is 2. The Balaban J connectivity index is 2.32. The van der Waals surface area contributed by atoms with Crippen molar-refractivity contribution in [2.24, 2.45) is 0 Å². The van der Waals surface area contributed by atoms with Crippen molar-refractivity contribution in [3.05, 3.63) is 22.7 Å². The number of aromatic nitrogens is 3. The molecule has 1 aromatic carbocycles. The summed E-state index contributed by atoms with van der Waals surface area (Å²) in [6, 6.07) is 5.81. The summed E-state index contributed by atoms with van der Waals surface area (Å²) in [6.07, 6.45) is 0. The number of nitrogens with one attached hydrogen (secondary N) is 2. The molecule has 21 heavy (non-hydrogen) atoms. The van der Waals surface area contributed by atoms with Gasteiger partial charge in [-0.25, -0.2) is 0 Å². The summed E-state index contributed by atoms with van der Waals surface area (Å²) in [5.74, 6) is 1.56. The Morgan fingerprint density at radius 3 is 2.52 bits per heavy atom. The highest BCUT2D eigenvalue weighted by Gasteiger charge is 2.09. The molecule has 2 aromatic rings. The molecule has 0 radical (unpaired) electrons. The van der Waals surface area contributed by atoms with E-state index in [4.69, 9.17) is 9.47 Å². The Kier molecular flexibility index (Phi) is 5.15. The maximum atomic E-state index is 5.20. The second-order valence-corrected chi connectivity index (χ2v) is 4.82. The Hall–Kier alpha value is -2.09. The average Bonchev–Trinajstić information content (AvgIpc) is 2.49. The fraction of sp³-hybridized carbons (Fsp3) is 0.308. The van der Waals surface area contributed by atoms with Crippen LogP contribution < -0.4 is 20.1 Å². The van der Waals surface area contributed by atoms with Gasteiger partial charge in [0.1, 0.15) is 5.75 Å². The lowest BCUT2D eigenvalue weighted by Crippen LogP contribution is -2.08. The summed E-state index contributed by atoms with van der Waals surface area (Å²) in [4.78, 5) is 12.6. The van der Waals surface area contributed by atoms with E-state index in [-0.39, 0.29) is 6.01 Å². The van der Waals surface area contributed by atoms with Gasteiger partial charge in [-0.3, -0.25) is 0 Å². The molecule has 7 nitrogen and oxygen atoms in total. The number of nitrogens with zero attached hydrogens (tertiary/aromatic N) is 3. The second kappa shape index (κ2) is 7.07. The number of anilines is 3. The highest BCUT2D eigenvalue weighted by molar-refractivity contribution is 9.10. The Labute approximate surface area is 131 Å². The van der Waals surface area contributed by atoms with Crippen LogP contribution in [0.5, 0.6) is 11.8 Å². The number of ether oxygens (including phenoxy) is 2. The molecule has 0 saturated heterocycles. The van der Waals surface area contributed by atoms with Crippen molar-refractivity contribution in [2.45, 2.75) is 6.92 Å². The van der Waals surface area contributed by atoms with Crippen molar-refractivity contribution < 1.29 is 9.47 Å². The third-order valence-corrected chi connectivity index (χ3v) is 3.24. The SMILES string of the molecule is CCNc1nc(Nc2cc(OC)ccc2Br)nc(OC)n1. The summed E-state index contributed by atoms with van der Waals surface area (Å²) in [5, 5.41) is 6.14. The van der Waals surface area contributed by atoms with E-state index in [1.165, 1.54) is 7.11 Å². The van der Waals surface area contributed by atoms with Gasteiger partial charge in [0.15, 0.2) is 0 Å². The fourth-order valence-electron chi connectivity index (χ4n) is 1.59. The van der Waals surface area contributed by atoms with Crippen molar-refractivity contribution in [3.8, 4) is 11.8 Å². The molecule has 0 fully saturated rings. The molecule has 0 spiro atoms. The van der Waals surface area contributed by atoms with Gasteiger partial charge in [-0.2, -0.15) is 15.0 Å². The van der Waals surface area contributed by atoms with Crippen molar-refractivity contribution in [1.82, 2.24) is 15.0 Å². The number of halogens is 1. The van der Waals surface area contributed by atoms with Crippen LogP contribution in [0.25, 0.3) is 0 Å². The molecule has 8 heteroatoms. The van der Waals surface area contributed by atoms with Crippen LogP contribution in [0.3, 0.4) is 0 Å². The van der Waals surface area contributed by atoms with Gasteiger partial charge in [-0.1, -0.05) is 0 Å². The molecule has 112 valence electrons. The molecule has 1 aromatic heterocycles. The smallest absolute Gasteiger partial charge is 0.322 e. The third-order valence-electron chi connectivity index (χ3n) is 2.55. The first kappa shape index (κ1) is 15.3. The lowest BCUT2D eigenvalue weighted by atomic mass is 10.3. The Morgan fingerprint density at radius 2 is 1.86 bits per heavy atom. The number of hydrogen-bond acceptors (Lipinski definition) is 7. The van der Waals surface area contributed by atoms with Gasteiger partial charge in [-0.15, -0.1) is 0 Å². The number of methoxy groups -OCH3 is 2. The zero-order chi connectivity index (χ0) is 15.2. The molecule has 0 atom stereocenters. The highest BCUT2D eigenvalue weighted by atomic mass is 79.9. The van der Waals surface area contributed by atoms with Gasteiger partial charge < -0.3 is 20.1 Å². The zero-order valence-electron chi connectivity index (χ0n) is 12.0. The minimum Gasteiger partial charge on any atom is -0.497 e. The number of rotatable bonds is 6. The molecule has 2 rings (SSSR count). The van der Waals surface area contributed by atoms with E-state index < -0.39 is 0 Å². The van der Waals surface area contributed by atoms with Crippen molar-refractivity contribution in [3.63, 3.8) is 0 Å². The molecule has 0 bridgehead atoms. The second-order valence-electron chi connectivity index (χ2n) is 3.97. The van der Waals surface area contributed by atoms with Gasteiger partial charge in [0.2, 0.25) is 11.9 Å². The standard InChI is InChI=1S/C13H16BrN5O2/c1-4-15-11-17-12(19-13(18-11)21-3)16-10-7-8(20-2)5-6-9(10)14/h5-7H,4H2,1-3H3,(H2,15,16,17,18,19). The van der Waals surface area contributed by atoms with Gasteiger partial charge in [0, 0.05) is 17.1 Å². The number of benzene rings is 1. The molecular weight excluding hydrogens is 338 g/mol. The van der Waals surface area contributed by atoms with Crippen LogP contribution >= 0.6 is 15.9 Å². The largest absolute Gasteiger partial charge is 0.497 e. The normalized spacial score (nSPS) is 10.1. The highest BCUT2D eigenvalue weighted by Crippen LogP contribution is 2.29. The van der Waals surface area contributed by atoms with Crippen molar-refractivity contribution >= 4 is 33.5 Å². The molecule has 0 aliphatic carbocycles. The Morgan fingerprint density at radius 1 is 1.10 bits per heavy atom. The minimum atomic E-state index is 0.238. The predicted octanol–water partition coefficient (Wildman–Crippen LogP) is 2.83. The molecule has 0 amide bonds. The molecule has 1 heterocycles. The van der Waals surface area contributed by atoms with Crippen LogP contribution in [-0.2, 0) is 0 Å². The molecule has 0 aliphatic rings. The van der Waals surface area contributed by atoms with Crippen LogP contribution in [0.4, 0.5) is 17.6 Å². The minimum absolute atomic E-state index is 0.238. The fourth-order valence-corrected chi connectivity index (χ4v) is 1.93. The first-order chi connectivity index (χ1) is 10.2. The first-order valence-electron chi connectivity index (χ1n) is 6.30. The molecule has 0 aliphatic heterocycles. The molecule has 0 unspecified atom stereocenters. The maximum absolute atomic E-state index is 5.20. The van der Waals surface area contributed by atoms with E-state index in [1.54, 1.807) is 7.11 Å². The quantitative estimate of drug-likeness (QED) is 0.826. The van der Waals surface area contributed by atoms with E-state index in [1.807, 2.05) is 25.1 Å². The van der Waals surface area contributed by atoms with Crippen molar-refractivity contribution in [2.75, 3.05) is 31.4 Å². The first-order valence-corrected chi connectivity index (χ1v) is 7.10. The lowest BCUT2D eigenvalue weighted by molar-refractivity contribution is 0.379. The predicted molar refractivity (Wildman–Crippen MR) is 84.5 cm³/mol.